The van der Waals surface area contributed by atoms with Crippen molar-refractivity contribution in [2.75, 3.05) is 45.8 Å². The molecular formula is C20H32N4O2. The molecule has 0 atom stereocenters. The van der Waals surface area contributed by atoms with E-state index in [1.165, 1.54) is 0 Å². The molecule has 4 N–H and O–H groups in total. The van der Waals surface area contributed by atoms with E-state index in [-0.39, 0.29) is 5.91 Å². The summed E-state index contributed by atoms with van der Waals surface area (Å²) in [6.07, 6.45) is 6.92. The van der Waals surface area contributed by atoms with Gasteiger partial charge in [-0.15, -0.1) is 0 Å². The first kappa shape index (κ1) is 22.0. The number of rotatable bonds is 15. The van der Waals surface area contributed by atoms with Gasteiger partial charge in [0.15, 0.2) is 6.29 Å². The minimum absolute atomic E-state index is 0.201. The van der Waals surface area contributed by atoms with Crippen molar-refractivity contribution in [2.24, 2.45) is 0 Å². The van der Waals surface area contributed by atoms with Crippen LogP contribution in [0.5, 0.6) is 0 Å². The second-order valence-electron chi connectivity index (χ2n) is 5.90. The minimum atomic E-state index is -0.201. The number of nitrogens with one attached hydrogen (secondary N) is 4. The highest BCUT2D eigenvalue weighted by Crippen LogP contribution is 2.05. The predicted molar refractivity (Wildman–Crippen MR) is 107 cm³/mol. The van der Waals surface area contributed by atoms with Crippen LogP contribution in [0, 0.1) is 0 Å². The van der Waals surface area contributed by atoms with Crippen molar-refractivity contribution in [1.82, 2.24) is 21.3 Å². The van der Waals surface area contributed by atoms with Crippen LogP contribution in [0.2, 0.25) is 0 Å². The molecule has 0 radical (unpaired) electrons. The van der Waals surface area contributed by atoms with Gasteiger partial charge in [-0.1, -0.05) is 37.3 Å². The van der Waals surface area contributed by atoms with Crippen LogP contribution in [0.15, 0.2) is 36.4 Å². The summed E-state index contributed by atoms with van der Waals surface area (Å²) in [6, 6.07) is 6.81. The van der Waals surface area contributed by atoms with Crippen LogP contribution >= 0.6 is 0 Å². The Morgan fingerprint density at radius 2 is 1.54 bits per heavy atom. The van der Waals surface area contributed by atoms with Gasteiger partial charge in [-0.2, -0.15) is 0 Å². The van der Waals surface area contributed by atoms with E-state index in [0.29, 0.717) is 24.0 Å². The Balaban J connectivity index is 1.98. The Morgan fingerprint density at radius 3 is 2.19 bits per heavy atom. The fraction of sp³-hybridized carbons (Fsp3) is 0.500. The standard InChI is InChI=1S/C20H32N4O2/c1-2-21-13-7-14-22-11-5-6-12-23-15-8-16-24-20(26)19-10-4-3-9-18(19)17-25/h3-6,9-10,17,21-23H,2,7-8,11-16H2,1H3,(H,24,26)/b6-5-. The molecule has 0 aliphatic heterocycles. The van der Waals surface area contributed by atoms with E-state index in [0.717, 1.165) is 52.1 Å². The molecule has 0 fully saturated rings. The van der Waals surface area contributed by atoms with Crippen molar-refractivity contribution in [3.63, 3.8) is 0 Å². The van der Waals surface area contributed by atoms with Crippen molar-refractivity contribution in [1.29, 1.82) is 0 Å². The maximum absolute atomic E-state index is 12.0. The average Bonchev–Trinajstić information content (AvgIpc) is 2.68. The van der Waals surface area contributed by atoms with Gasteiger partial charge in [0.1, 0.15) is 0 Å². The number of amides is 1. The smallest absolute Gasteiger partial charge is 0.252 e. The van der Waals surface area contributed by atoms with Crippen molar-refractivity contribution in [3.8, 4) is 0 Å². The Bertz CT molecular complexity index is 546. The molecule has 0 spiro atoms. The van der Waals surface area contributed by atoms with Gasteiger partial charge in [-0.3, -0.25) is 9.59 Å². The zero-order valence-corrected chi connectivity index (χ0v) is 15.7. The lowest BCUT2D eigenvalue weighted by atomic mass is 10.1. The third kappa shape index (κ3) is 10.1. The van der Waals surface area contributed by atoms with Crippen LogP contribution in [0.1, 0.15) is 40.5 Å². The summed E-state index contributed by atoms with van der Waals surface area (Å²) in [5, 5.41) is 12.8. The van der Waals surface area contributed by atoms with Gasteiger partial charge >= 0.3 is 0 Å². The first-order chi connectivity index (χ1) is 12.8. The normalized spacial score (nSPS) is 11.0. The number of hydrogen-bond donors (Lipinski definition) is 4. The Hall–Kier alpha value is -2.02. The Morgan fingerprint density at radius 1 is 0.923 bits per heavy atom. The molecule has 1 amide bonds. The molecule has 0 aliphatic rings. The van der Waals surface area contributed by atoms with Crippen LogP contribution in [0.25, 0.3) is 0 Å². The molecule has 26 heavy (non-hydrogen) atoms. The van der Waals surface area contributed by atoms with Gasteiger partial charge in [0.05, 0.1) is 0 Å². The highest BCUT2D eigenvalue weighted by Gasteiger charge is 2.08. The topological polar surface area (TPSA) is 82.3 Å². The molecule has 0 unspecified atom stereocenters. The molecule has 0 heterocycles. The van der Waals surface area contributed by atoms with E-state index in [9.17, 15) is 9.59 Å². The van der Waals surface area contributed by atoms with Crippen LogP contribution in [0.3, 0.4) is 0 Å². The molecule has 0 aromatic heterocycles. The molecule has 0 saturated carbocycles. The van der Waals surface area contributed by atoms with Crippen LogP contribution < -0.4 is 21.3 Å². The molecule has 144 valence electrons. The highest BCUT2D eigenvalue weighted by molar-refractivity contribution is 6.01. The number of aldehydes is 1. The number of benzene rings is 1. The van der Waals surface area contributed by atoms with Crippen LogP contribution in [-0.2, 0) is 0 Å². The van der Waals surface area contributed by atoms with Gasteiger partial charge in [0.2, 0.25) is 0 Å². The summed E-state index contributed by atoms with van der Waals surface area (Å²) in [7, 11) is 0. The summed E-state index contributed by atoms with van der Waals surface area (Å²) < 4.78 is 0. The number of hydrogen-bond acceptors (Lipinski definition) is 5. The first-order valence-corrected chi connectivity index (χ1v) is 9.39. The first-order valence-electron chi connectivity index (χ1n) is 9.39. The SMILES string of the molecule is CCNCCCNC/C=C\CNCCCNC(=O)c1ccccc1C=O. The maximum Gasteiger partial charge on any atom is 0.252 e. The monoisotopic (exact) mass is 360 g/mol. The van der Waals surface area contributed by atoms with Gasteiger partial charge in [0.25, 0.3) is 5.91 Å². The van der Waals surface area contributed by atoms with Gasteiger partial charge in [0, 0.05) is 30.8 Å². The molecular weight excluding hydrogens is 328 g/mol. The van der Waals surface area contributed by atoms with E-state index in [4.69, 9.17) is 0 Å². The third-order valence-electron chi connectivity index (χ3n) is 3.80. The summed E-state index contributed by atoms with van der Waals surface area (Å²) >= 11 is 0. The van der Waals surface area contributed by atoms with Crippen molar-refractivity contribution in [3.05, 3.63) is 47.5 Å². The molecule has 1 rings (SSSR count). The molecule has 0 saturated heterocycles. The third-order valence-corrected chi connectivity index (χ3v) is 3.80. The van der Waals surface area contributed by atoms with Crippen molar-refractivity contribution in [2.45, 2.75) is 19.8 Å². The Labute approximate surface area is 156 Å². The zero-order valence-electron chi connectivity index (χ0n) is 15.7. The molecule has 0 bridgehead atoms. The summed E-state index contributed by atoms with van der Waals surface area (Å²) in [6.45, 7) is 8.35. The Kier molecular flexibility index (Phi) is 12.9. The zero-order chi connectivity index (χ0) is 18.9. The second kappa shape index (κ2) is 15.3. The summed E-state index contributed by atoms with van der Waals surface area (Å²) in [5.74, 6) is -0.201. The molecule has 6 nitrogen and oxygen atoms in total. The predicted octanol–water partition coefficient (Wildman–Crippen LogP) is 1.35. The fourth-order valence-corrected chi connectivity index (χ4v) is 2.37. The van der Waals surface area contributed by atoms with Crippen molar-refractivity contribution >= 4 is 12.2 Å². The highest BCUT2D eigenvalue weighted by atomic mass is 16.1. The quantitative estimate of drug-likeness (QED) is 0.216. The van der Waals surface area contributed by atoms with Gasteiger partial charge in [-0.25, -0.2) is 0 Å². The summed E-state index contributed by atoms with van der Waals surface area (Å²) in [4.78, 5) is 23.0. The van der Waals surface area contributed by atoms with Gasteiger partial charge in [-0.05, 0) is 45.1 Å². The van der Waals surface area contributed by atoms with E-state index in [1.807, 2.05) is 0 Å². The van der Waals surface area contributed by atoms with Crippen LogP contribution in [-0.4, -0.2) is 58.0 Å². The fourth-order valence-electron chi connectivity index (χ4n) is 2.37. The molecule has 1 aromatic carbocycles. The largest absolute Gasteiger partial charge is 0.352 e. The number of carbonyl (C=O) groups excluding carboxylic acids is 2. The molecule has 0 aliphatic carbocycles. The minimum Gasteiger partial charge on any atom is -0.352 e. The molecule has 6 heteroatoms. The van der Waals surface area contributed by atoms with Crippen molar-refractivity contribution < 1.29 is 9.59 Å². The lowest BCUT2D eigenvalue weighted by molar-refractivity contribution is 0.0947. The van der Waals surface area contributed by atoms with E-state index < -0.39 is 0 Å². The lowest BCUT2D eigenvalue weighted by Crippen LogP contribution is -2.28. The molecule has 1 aromatic rings. The van der Waals surface area contributed by atoms with Gasteiger partial charge < -0.3 is 21.3 Å². The van der Waals surface area contributed by atoms with E-state index in [2.05, 4.69) is 40.3 Å². The summed E-state index contributed by atoms with van der Waals surface area (Å²) in [5.41, 5.74) is 0.847. The van der Waals surface area contributed by atoms with E-state index >= 15 is 0 Å². The maximum atomic E-state index is 12.0. The second-order valence-corrected chi connectivity index (χ2v) is 5.90. The van der Waals surface area contributed by atoms with E-state index in [1.54, 1.807) is 24.3 Å². The lowest BCUT2D eigenvalue weighted by Gasteiger charge is -2.07. The number of carbonyl (C=O) groups is 2. The van der Waals surface area contributed by atoms with Crippen LogP contribution in [0.4, 0.5) is 0 Å². The average molecular weight is 361 g/mol.